The first-order valence-electron chi connectivity index (χ1n) is 10.6. The van der Waals surface area contributed by atoms with Crippen molar-refractivity contribution in [3.63, 3.8) is 0 Å². The summed E-state index contributed by atoms with van der Waals surface area (Å²) in [7, 11) is 0. The number of halogens is 4. The maximum Gasteiger partial charge on any atom is 0.172 e. The van der Waals surface area contributed by atoms with Gasteiger partial charge in [-0.25, -0.2) is 13.3 Å². The van der Waals surface area contributed by atoms with Crippen molar-refractivity contribution in [3.8, 4) is 11.5 Å². The zero-order valence-corrected chi connectivity index (χ0v) is 19.2. The summed E-state index contributed by atoms with van der Waals surface area (Å²) in [6.45, 7) is 0.798. The number of aryl methyl sites for hydroxylation is 1. The van der Waals surface area contributed by atoms with Crippen LogP contribution in [0.5, 0.6) is 11.5 Å². The van der Waals surface area contributed by atoms with Gasteiger partial charge in [-0.2, -0.15) is 0 Å². The summed E-state index contributed by atoms with van der Waals surface area (Å²) in [5, 5.41) is 0.923. The van der Waals surface area contributed by atoms with E-state index in [-0.39, 0.29) is 17.6 Å². The van der Waals surface area contributed by atoms with E-state index in [2.05, 4.69) is 4.57 Å². The Morgan fingerprint density at radius 2 is 1.27 bits per heavy atom. The van der Waals surface area contributed by atoms with Crippen LogP contribution in [0, 0.1) is 11.6 Å². The van der Waals surface area contributed by atoms with E-state index in [0.29, 0.717) is 21.5 Å². The molecule has 0 bridgehead atoms. The molecule has 33 heavy (non-hydrogen) atoms. The average Bonchev–Trinajstić information content (AvgIpc) is 2.82. The summed E-state index contributed by atoms with van der Waals surface area (Å²) in [6, 6.07) is 22.0. The summed E-state index contributed by atoms with van der Waals surface area (Å²) >= 11 is 12.0. The Kier molecular flexibility index (Phi) is 7.58. The monoisotopic (exact) mass is 484 g/mol. The molecule has 0 aliphatic heterocycles. The number of ether oxygens (including phenoxy) is 1. The van der Waals surface area contributed by atoms with Crippen molar-refractivity contribution in [2.24, 2.45) is 0 Å². The normalized spacial score (nSPS) is 11.1. The van der Waals surface area contributed by atoms with Gasteiger partial charge < -0.3 is 4.74 Å². The molecule has 4 rings (SSSR count). The summed E-state index contributed by atoms with van der Waals surface area (Å²) in [4.78, 5) is 0. The predicted octanol–water partition coefficient (Wildman–Crippen LogP) is 7.96. The fraction of sp³-hybridized carbons (Fsp3) is 0.148. The maximum atomic E-state index is 13.4. The molecule has 0 unspecified atom stereocenters. The molecule has 6 heteroatoms. The highest BCUT2D eigenvalue weighted by Gasteiger charge is 2.16. The molecule has 0 saturated heterocycles. The number of pyridine rings is 1. The van der Waals surface area contributed by atoms with E-state index in [4.69, 9.17) is 27.9 Å². The SMILES string of the molecule is Fc1ccc(C(CCC[n+]2ccc(Oc3ccc(Cl)c(Cl)c3)cc2)c2ccc(F)cc2)cc1. The van der Waals surface area contributed by atoms with Gasteiger partial charge in [0.1, 0.15) is 29.7 Å². The zero-order chi connectivity index (χ0) is 23.2. The van der Waals surface area contributed by atoms with Crippen LogP contribution in [-0.2, 0) is 6.54 Å². The van der Waals surface area contributed by atoms with Crippen LogP contribution in [0.3, 0.4) is 0 Å². The second-order valence-corrected chi connectivity index (χ2v) is 8.56. The molecule has 0 aliphatic carbocycles. The lowest BCUT2D eigenvalue weighted by molar-refractivity contribution is -0.697. The van der Waals surface area contributed by atoms with E-state index >= 15 is 0 Å². The molecule has 0 spiro atoms. The van der Waals surface area contributed by atoms with Gasteiger partial charge >= 0.3 is 0 Å². The van der Waals surface area contributed by atoms with E-state index in [0.717, 1.165) is 30.5 Å². The lowest BCUT2D eigenvalue weighted by atomic mass is 9.87. The molecule has 168 valence electrons. The highest BCUT2D eigenvalue weighted by molar-refractivity contribution is 6.42. The Bertz CT molecular complexity index is 1150. The van der Waals surface area contributed by atoms with Crippen molar-refractivity contribution in [3.05, 3.63) is 124 Å². The van der Waals surface area contributed by atoms with Crippen LogP contribution in [0.15, 0.2) is 91.3 Å². The van der Waals surface area contributed by atoms with Crippen LogP contribution in [0.2, 0.25) is 10.0 Å². The largest absolute Gasteiger partial charge is 0.457 e. The minimum Gasteiger partial charge on any atom is -0.457 e. The third kappa shape index (κ3) is 6.31. The fourth-order valence-electron chi connectivity index (χ4n) is 3.73. The number of hydrogen-bond acceptors (Lipinski definition) is 1. The highest BCUT2D eigenvalue weighted by atomic mass is 35.5. The number of nitrogens with zero attached hydrogens (tertiary/aromatic N) is 1. The topological polar surface area (TPSA) is 13.1 Å². The molecule has 0 atom stereocenters. The van der Waals surface area contributed by atoms with Crippen LogP contribution in [-0.4, -0.2) is 0 Å². The lowest BCUT2D eigenvalue weighted by Crippen LogP contribution is -2.32. The molecule has 0 saturated carbocycles. The molecule has 1 aromatic heterocycles. The third-order valence-electron chi connectivity index (χ3n) is 5.44. The van der Waals surface area contributed by atoms with Gasteiger partial charge in [-0.3, -0.25) is 0 Å². The first-order chi connectivity index (χ1) is 16.0. The number of aromatic nitrogens is 1. The zero-order valence-electron chi connectivity index (χ0n) is 17.7. The van der Waals surface area contributed by atoms with Gasteiger partial charge in [-0.1, -0.05) is 47.5 Å². The van der Waals surface area contributed by atoms with E-state index in [1.165, 1.54) is 24.3 Å². The number of benzene rings is 3. The number of hydrogen-bond donors (Lipinski definition) is 0. The minimum atomic E-state index is -0.268. The molecule has 0 fully saturated rings. The quantitative estimate of drug-likeness (QED) is 0.231. The Morgan fingerprint density at radius 3 is 1.82 bits per heavy atom. The Balaban J connectivity index is 1.39. The molecule has 1 heterocycles. The van der Waals surface area contributed by atoms with Crippen molar-refractivity contribution in [2.75, 3.05) is 0 Å². The summed E-state index contributed by atoms with van der Waals surface area (Å²) in [6.07, 6.45) is 5.64. The van der Waals surface area contributed by atoms with Crippen LogP contribution in [0.4, 0.5) is 8.78 Å². The van der Waals surface area contributed by atoms with E-state index in [1.54, 1.807) is 42.5 Å². The van der Waals surface area contributed by atoms with Crippen LogP contribution in [0.25, 0.3) is 0 Å². The molecular weight excluding hydrogens is 463 g/mol. The van der Waals surface area contributed by atoms with E-state index in [9.17, 15) is 8.78 Å². The Labute approximate surface area is 202 Å². The van der Waals surface area contributed by atoms with Crippen molar-refractivity contribution in [1.29, 1.82) is 0 Å². The van der Waals surface area contributed by atoms with Crippen molar-refractivity contribution in [1.82, 2.24) is 0 Å². The van der Waals surface area contributed by atoms with Crippen molar-refractivity contribution >= 4 is 23.2 Å². The van der Waals surface area contributed by atoms with Gasteiger partial charge in [-0.15, -0.1) is 0 Å². The molecule has 2 nitrogen and oxygen atoms in total. The second-order valence-electron chi connectivity index (χ2n) is 7.75. The second kappa shape index (κ2) is 10.8. The molecule has 0 N–H and O–H groups in total. The average molecular weight is 485 g/mol. The van der Waals surface area contributed by atoms with Gasteiger partial charge in [-0.05, 0) is 53.9 Å². The molecule has 0 aliphatic rings. The van der Waals surface area contributed by atoms with Gasteiger partial charge in [0.05, 0.1) is 10.0 Å². The Hall–Kier alpha value is -2.95. The summed E-state index contributed by atoms with van der Waals surface area (Å²) < 4.78 is 34.7. The minimum absolute atomic E-state index is 0.0593. The van der Waals surface area contributed by atoms with Gasteiger partial charge in [0.2, 0.25) is 0 Å². The molecule has 0 radical (unpaired) electrons. The predicted molar refractivity (Wildman–Crippen MR) is 127 cm³/mol. The molecule has 3 aromatic carbocycles. The smallest absolute Gasteiger partial charge is 0.172 e. The fourth-order valence-corrected chi connectivity index (χ4v) is 4.02. The van der Waals surface area contributed by atoms with Crippen LogP contribution >= 0.6 is 23.2 Å². The first kappa shape index (κ1) is 23.2. The maximum absolute atomic E-state index is 13.4. The standard InChI is InChI=1S/C27H22Cl2F2NO/c28-26-12-11-24(18-27(26)29)33-23-13-16-32(17-14-23)15-1-2-25(19-3-7-21(30)8-4-19)20-5-9-22(31)10-6-20/h3-14,16-18,25H,1-2,15H2/q+1. The first-order valence-corrected chi connectivity index (χ1v) is 11.4. The van der Waals surface area contributed by atoms with Gasteiger partial charge in [0, 0.05) is 30.5 Å². The van der Waals surface area contributed by atoms with Gasteiger partial charge in [0.25, 0.3) is 0 Å². The summed E-state index contributed by atoms with van der Waals surface area (Å²) in [5.41, 5.74) is 2.02. The van der Waals surface area contributed by atoms with Crippen molar-refractivity contribution < 1.29 is 18.1 Å². The summed E-state index contributed by atoms with van der Waals surface area (Å²) in [5.74, 6) is 0.832. The Morgan fingerprint density at radius 1 is 0.697 bits per heavy atom. The third-order valence-corrected chi connectivity index (χ3v) is 6.18. The van der Waals surface area contributed by atoms with Gasteiger partial charge in [0.15, 0.2) is 12.4 Å². The van der Waals surface area contributed by atoms with E-state index in [1.807, 2.05) is 24.5 Å². The van der Waals surface area contributed by atoms with Crippen LogP contribution < -0.4 is 9.30 Å². The number of rotatable bonds is 8. The molecule has 0 amide bonds. The molecule has 4 aromatic rings. The van der Waals surface area contributed by atoms with Crippen LogP contribution in [0.1, 0.15) is 29.9 Å². The highest BCUT2D eigenvalue weighted by Crippen LogP contribution is 2.30. The lowest BCUT2D eigenvalue weighted by Gasteiger charge is -2.17. The van der Waals surface area contributed by atoms with Crippen molar-refractivity contribution in [2.45, 2.75) is 25.3 Å². The van der Waals surface area contributed by atoms with E-state index < -0.39 is 0 Å². The molecular formula is C27H22Cl2F2NO+.